The minimum Gasteiger partial charge on any atom is -0.350 e. The molecular weight excluding hydrogens is 372 g/mol. The van der Waals surface area contributed by atoms with Crippen molar-refractivity contribution in [2.24, 2.45) is 7.05 Å². The molecule has 29 heavy (non-hydrogen) atoms. The average molecular weight is 398 g/mol. The minimum atomic E-state index is -0.595. The van der Waals surface area contributed by atoms with E-state index in [0.717, 1.165) is 31.4 Å². The third kappa shape index (κ3) is 3.95. The molecule has 0 unspecified atom stereocenters. The van der Waals surface area contributed by atoms with Crippen LogP contribution in [0.5, 0.6) is 0 Å². The smallest absolute Gasteiger partial charge is 0.268 e. The lowest BCUT2D eigenvalue weighted by Gasteiger charge is -2.40. The number of hydrogen-bond donors (Lipinski definition) is 3. The van der Waals surface area contributed by atoms with E-state index in [1.807, 2.05) is 13.2 Å². The molecule has 9 heteroatoms. The SMILES string of the molecule is Cn1cc(CNC(=O)[C@@]23CCCCN2C[C@@H](NC(=O)c2cccc(=O)[nH]2)C3)cn1. The normalized spacial score (nSPS) is 24.1. The van der Waals surface area contributed by atoms with Crippen molar-refractivity contribution in [2.75, 3.05) is 13.1 Å². The number of nitrogens with one attached hydrogen (secondary N) is 3. The molecule has 2 aliphatic heterocycles. The van der Waals surface area contributed by atoms with E-state index in [1.165, 1.54) is 6.07 Å². The van der Waals surface area contributed by atoms with Gasteiger partial charge in [-0.25, -0.2) is 0 Å². The number of H-pyrrole nitrogens is 1. The maximum absolute atomic E-state index is 13.2. The fourth-order valence-electron chi connectivity index (χ4n) is 4.53. The number of hydrogen-bond acceptors (Lipinski definition) is 5. The Morgan fingerprint density at radius 1 is 1.34 bits per heavy atom. The minimum absolute atomic E-state index is 0.00548. The summed E-state index contributed by atoms with van der Waals surface area (Å²) in [6.07, 6.45) is 7.01. The largest absolute Gasteiger partial charge is 0.350 e. The molecule has 2 amide bonds. The number of rotatable bonds is 5. The zero-order chi connectivity index (χ0) is 20.4. The van der Waals surface area contributed by atoms with Gasteiger partial charge < -0.3 is 15.6 Å². The monoisotopic (exact) mass is 398 g/mol. The van der Waals surface area contributed by atoms with Crippen LogP contribution < -0.4 is 16.2 Å². The third-order valence-electron chi connectivity index (χ3n) is 5.88. The zero-order valence-corrected chi connectivity index (χ0v) is 16.5. The summed E-state index contributed by atoms with van der Waals surface area (Å²) in [5.41, 5.74) is 0.281. The quantitative estimate of drug-likeness (QED) is 0.664. The molecule has 154 valence electrons. The van der Waals surface area contributed by atoms with E-state index >= 15 is 0 Å². The Morgan fingerprint density at radius 2 is 2.21 bits per heavy atom. The van der Waals surface area contributed by atoms with Gasteiger partial charge in [0.05, 0.1) is 6.20 Å². The van der Waals surface area contributed by atoms with Gasteiger partial charge in [0.2, 0.25) is 11.5 Å². The maximum Gasteiger partial charge on any atom is 0.268 e. The van der Waals surface area contributed by atoms with Crippen LogP contribution in [0.4, 0.5) is 0 Å². The van der Waals surface area contributed by atoms with Crippen molar-refractivity contribution in [1.29, 1.82) is 0 Å². The Kier molecular flexibility index (Phi) is 5.23. The lowest BCUT2D eigenvalue weighted by atomic mass is 9.84. The van der Waals surface area contributed by atoms with Crippen molar-refractivity contribution >= 4 is 11.8 Å². The summed E-state index contributed by atoms with van der Waals surface area (Å²) < 4.78 is 1.71. The second kappa shape index (κ2) is 7.82. The van der Waals surface area contributed by atoms with Crippen LogP contribution in [-0.2, 0) is 18.4 Å². The van der Waals surface area contributed by atoms with Crippen LogP contribution in [0.25, 0.3) is 0 Å². The lowest BCUT2D eigenvalue weighted by Crippen LogP contribution is -2.57. The van der Waals surface area contributed by atoms with Gasteiger partial charge >= 0.3 is 0 Å². The molecule has 3 N–H and O–H groups in total. The van der Waals surface area contributed by atoms with Gasteiger partial charge in [-0.1, -0.05) is 6.07 Å². The first-order valence-electron chi connectivity index (χ1n) is 9.97. The summed E-state index contributed by atoms with van der Waals surface area (Å²) in [6.45, 7) is 1.91. The van der Waals surface area contributed by atoms with Crippen LogP contribution >= 0.6 is 0 Å². The van der Waals surface area contributed by atoms with Crippen LogP contribution in [0.1, 0.15) is 41.7 Å². The average Bonchev–Trinajstić information content (AvgIpc) is 3.29. The molecular formula is C20H26N6O3. The Balaban J connectivity index is 1.44. The van der Waals surface area contributed by atoms with Crippen LogP contribution in [0.15, 0.2) is 35.4 Å². The highest BCUT2D eigenvalue weighted by Crippen LogP contribution is 2.38. The van der Waals surface area contributed by atoms with E-state index in [4.69, 9.17) is 0 Å². The predicted octanol–water partition coefficient (Wildman–Crippen LogP) is 0.152. The molecule has 2 atom stereocenters. The van der Waals surface area contributed by atoms with Crippen molar-refractivity contribution in [3.8, 4) is 0 Å². The molecule has 0 spiro atoms. The van der Waals surface area contributed by atoms with E-state index in [2.05, 4.69) is 25.6 Å². The molecule has 9 nitrogen and oxygen atoms in total. The Morgan fingerprint density at radius 3 is 2.97 bits per heavy atom. The third-order valence-corrected chi connectivity index (χ3v) is 5.88. The van der Waals surface area contributed by atoms with Crippen molar-refractivity contribution in [2.45, 2.75) is 43.8 Å². The molecule has 4 rings (SSSR count). The molecule has 2 aromatic heterocycles. The standard InChI is InChI=1S/C20H26N6O3/c1-25-12-14(11-22-25)10-21-19(29)20-7-2-3-8-26(20)13-15(9-20)23-18(28)16-5-4-6-17(27)24-16/h4-6,11-12,15H,2-3,7-10,13H2,1H3,(H,21,29)(H,23,28)(H,24,27)/t15-,20-/m0/s1. The number of aromatic amines is 1. The maximum atomic E-state index is 13.2. The molecule has 0 aliphatic carbocycles. The molecule has 2 aliphatic rings. The van der Waals surface area contributed by atoms with Gasteiger partial charge in [-0.3, -0.25) is 24.0 Å². The molecule has 2 aromatic rings. The molecule has 2 saturated heterocycles. The van der Waals surface area contributed by atoms with Crippen LogP contribution in [0.3, 0.4) is 0 Å². The van der Waals surface area contributed by atoms with Gasteiger partial charge in [-0.05, 0) is 38.3 Å². The first-order chi connectivity index (χ1) is 14.0. The molecule has 0 aromatic carbocycles. The van der Waals surface area contributed by atoms with Gasteiger partial charge in [0, 0.05) is 44.0 Å². The second-order valence-electron chi connectivity index (χ2n) is 7.94. The van der Waals surface area contributed by atoms with E-state index < -0.39 is 5.54 Å². The van der Waals surface area contributed by atoms with E-state index in [1.54, 1.807) is 23.0 Å². The van der Waals surface area contributed by atoms with Gasteiger partial charge in [-0.2, -0.15) is 5.10 Å². The van der Waals surface area contributed by atoms with Crippen LogP contribution in [0.2, 0.25) is 0 Å². The number of aromatic nitrogens is 3. The van der Waals surface area contributed by atoms with E-state index in [9.17, 15) is 14.4 Å². The summed E-state index contributed by atoms with van der Waals surface area (Å²) in [7, 11) is 1.84. The Bertz CT molecular complexity index is 967. The Hall–Kier alpha value is -2.94. The summed E-state index contributed by atoms with van der Waals surface area (Å²) in [6, 6.07) is 4.36. The van der Waals surface area contributed by atoms with Gasteiger partial charge in [0.25, 0.3) is 5.91 Å². The van der Waals surface area contributed by atoms with Crippen LogP contribution in [0, 0.1) is 0 Å². The highest BCUT2D eigenvalue weighted by molar-refractivity contribution is 5.93. The van der Waals surface area contributed by atoms with Gasteiger partial charge in [0.15, 0.2) is 0 Å². The highest BCUT2D eigenvalue weighted by atomic mass is 16.2. The molecule has 4 heterocycles. The topological polar surface area (TPSA) is 112 Å². The van der Waals surface area contributed by atoms with E-state index in [-0.39, 0.29) is 29.1 Å². The van der Waals surface area contributed by atoms with Gasteiger partial charge in [0.1, 0.15) is 11.2 Å². The predicted molar refractivity (Wildman–Crippen MR) is 106 cm³/mol. The lowest BCUT2D eigenvalue weighted by molar-refractivity contribution is -0.134. The highest BCUT2D eigenvalue weighted by Gasteiger charge is 2.52. The summed E-state index contributed by atoms with van der Waals surface area (Å²) in [4.78, 5) is 41.9. The summed E-state index contributed by atoms with van der Waals surface area (Å²) in [5.74, 6) is -0.315. The van der Waals surface area contributed by atoms with Crippen molar-refractivity contribution in [3.63, 3.8) is 0 Å². The number of fused-ring (bicyclic) bond motifs is 1. The van der Waals surface area contributed by atoms with Crippen molar-refractivity contribution in [1.82, 2.24) is 30.3 Å². The second-order valence-corrected chi connectivity index (χ2v) is 7.94. The van der Waals surface area contributed by atoms with Crippen LogP contribution in [-0.4, -0.2) is 56.1 Å². The number of nitrogens with zero attached hydrogens (tertiary/aromatic N) is 3. The number of carbonyl (C=O) groups is 2. The van der Waals surface area contributed by atoms with Crippen molar-refractivity contribution < 1.29 is 9.59 Å². The van der Waals surface area contributed by atoms with E-state index in [0.29, 0.717) is 19.5 Å². The number of carbonyl (C=O) groups excluding carboxylic acids is 2. The fourth-order valence-corrected chi connectivity index (χ4v) is 4.53. The van der Waals surface area contributed by atoms with Gasteiger partial charge in [-0.15, -0.1) is 0 Å². The fraction of sp³-hybridized carbons (Fsp3) is 0.500. The number of piperidine rings is 1. The molecule has 0 saturated carbocycles. The summed E-state index contributed by atoms with van der Waals surface area (Å²) >= 11 is 0. The molecule has 2 fully saturated rings. The molecule has 0 bridgehead atoms. The number of pyridine rings is 1. The Labute approximate surface area is 168 Å². The number of aryl methyl sites for hydroxylation is 1. The molecule has 0 radical (unpaired) electrons. The summed E-state index contributed by atoms with van der Waals surface area (Å²) in [5, 5.41) is 10.2. The first-order valence-corrected chi connectivity index (χ1v) is 9.97. The number of amides is 2. The zero-order valence-electron chi connectivity index (χ0n) is 16.5. The van der Waals surface area contributed by atoms with Crippen molar-refractivity contribution in [3.05, 3.63) is 52.2 Å². The first kappa shape index (κ1) is 19.4.